The number of allylic oxidation sites excluding steroid dienone is 2. The summed E-state index contributed by atoms with van der Waals surface area (Å²) < 4.78 is 37.7. The van der Waals surface area contributed by atoms with Crippen molar-refractivity contribution in [3.8, 4) is 11.8 Å². The molecular formula is C26H27F3. The fourth-order valence-electron chi connectivity index (χ4n) is 3.94. The Morgan fingerprint density at radius 1 is 0.931 bits per heavy atom. The lowest BCUT2D eigenvalue weighted by molar-refractivity contribution is -0.137. The summed E-state index contributed by atoms with van der Waals surface area (Å²) in [7, 11) is 0. The molecule has 0 heterocycles. The van der Waals surface area contributed by atoms with Crippen molar-refractivity contribution >= 4 is 0 Å². The van der Waals surface area contributed by atoms with E-state index < -0.39 is 11.7 Å². The van der Waals surface area contributed by atoms with Gasteiger partial charge in [-0.3, -0.25) is 0 Å². The van der Waals surface area contributed by atoms with Gasteiger partial charge in [0.15, 0.2) is 0 Å². The molecule has 2 aromatic rings. The summed E-state index contributed by atoms with van der Waals surface area (Å²) in [4.78, 5) is 0. The van der Waals surface area contributed by atoms with Crippen LogP contribution in [-0.4, -0.2) is 0 Å². The molecule has 0 aliphatic heterocycles. The molecule has 1 fully saturated rings. The zero-order valence-electron chi connectivity index (χ0n) is 16.8. The molecule has 0 spiro atoms. The van der Waals surface area contributed by atoms with E-state index in [0.29, 0.717) is 17.4 Å². The highest BCUT2D eigenvalue weighted by atomic mass is 19.4. The van der Waals surface area contributed by atoms with E-state index in [1.165, 1.54) is 42.5 Å². The van der Waals surface area contributed by atoms with Crippen molar-refractivity contribution in [2.45, 2.75) is 57.5 Å². The number of aryl methyl sites for hydroxylation is 1. The van der Waals surface area contributed by atoms with Crippen LogP contribution < -0.4 is 0 Å². The highest BCUT2D eigenvalue weighted by Gasteiger charge is 2.29. The molecule has 0 bridgehead atoms. The van der Waals surface area contributed by atoms with Crippen molar-refractivity contribution in [2.24, 2.45) is 5.92 Å². The summed E-state index contributed by atoms with van der Waals surface area (Å²) in [5, 5.41) is 0. The lowest BCUT2D eigenvalue weighted by atomic mass is 9.78. The first-order valence-corrected chi connectivity index (χ1v) is 10.4. The molecule has 152 valence electrons. The molecule has 0 radical (unpaired) electrons. The van der Waals surface area contributed by atoms with Crippen LogP contribution in [0.3, 0.4) is 0 Å². The second-order valence-corrected chi connectivity index (χ2v) is 7.81. The molecule has 29 heavy (non-hydrogen) atoms. The van der Waals surface area contributed by atoms with Crippen LogP contribution >= 0.6 is 0 Å². The van der Waals surface area contributed by atoms with Gasteiger partial charge in [0.25, 0.3) is 0 Å². The van der Waals surface area contributed by atoms with Crippen molar-refractivity contribution in [2.75, 3.05) is 0 Å². The molecule has 1 aliphatic rings. The third kappa shape index (κ3) is 6.26. The summed E-state index contributed by atoms with van der Waals surface area (Å²) in [6.07, 6.45) is 6.70. The van der Waals surface area contributed by atoms with Gasteiger partial charge in [-0.1, -0.05) is 55.5 Å². The molecule has 0 amide bonds. The van der Waals surface area contributed by atoms with E-state index in [1.807, 2.05) is 6.08 Å². The van der Waals surface area contributed by atoms with Crippen LogP contribution in [0.15, 0.2) is 60.7 Å². The van der Waals surface area contributed by atoms with E-state index in [4.69, 9.17) is 0 Å². The summed E-state index contributed by atoms with van der Waals surface area (Å²) in [6.45, 7) is 2.20. The van der Waals surface area contributed by atoms with Crippen LogP contribution in [0, 0.1) is 17.8 Å². The summed E-state index contributed by atoms with van der Waals surface area (Å²) >= 11 is 0. The molecule has 0 aromatic heterocycles. The van der Waals surface area contributed by atoms with Crippen LogP contribution in [0.25, 0.3) is 0 Å². The number of halogens is 3. The van der Waals surface area contributed by atoms with Gasteiger partial charge in [-0.25, -0.2) is 0 Å². The second-order valence-electron chi connectivity index (χ2n) is 7.81. The first kappa shape index (κ1) is 21.2. The Balaban J connectivity index is 1.48. The molecule has 0 nitrogen and oxygen atoms in total. The summed E-state index contributed by atoms with van der Waals surface area (Å²) in [5.41, 5.74) is 2.82. The van der Waals surface area contributed by atoms with Crippen molar-refractivity contribution in [3.05, 3.63) is 82.9 Å². The Labute approximate surface area is 171 Å². The van der Waals surface area contributed by atoms with E-state index in [1.54, 1.807) is 0 Å². The van der Waals surface area contributed by atoms with Gasteiger partial charge < -0.3 is 0 Å². The normalized spacial score (nSPS) is 19.7. The minimum Gasteiger partial charge on any atom is -0.166 e. The second kappa shape index (κ2) is 9.83. The van der Waals surface area contributed by atoms with Gasteiger partial charge in [-0.05, 0) is 85.4 Å². The maximum absolute atomic E-state index is 12.6. The Morgan fingerprint density at radius 2 is 1.59 bits per heavy atom. The van der Waals surface area contributed by atoms with Gasteiger partial charge in [0.05, 0.1) is 5.56 Å². The van der Waals surface area contributed by atoms with Gasteiger partial charge in [0.2, 0.25) is 0 Å². The van der Waals surface area contributed by atoms with E-state index in [2.05, 4.69) is 49.1 Å². The average Bonchev–Trinajstić information content (AvgIpc) is 2.72. The highest BCUT2D eigenvalue weighted by molar-refractivity contribution is 5.39. The Morgan fingerprint density at radius 3 is 2.17 bits per heavy atom. The van der Waals surface area contributed by atoms with Crippen molar-refractivity contribution < 1.29 is 13.2 Å². The summed E-state index contributed by atoms with van der Waals surface area (Å²) in [5.74, 6) is 7.05. The van der Waals surface area contributed by atoms with Crippen LogP contribution in [0.2, 0.25) is 0 Å². The smallest absolute Gasteiger partial charge is 0.166 e. The molecule has 3 heteroatoms. The van der Waals surface area contributed by atoms with Crippen LogP contribution in [0.4, 0.5) is 13.2 Å². The molecule has 1 saturated carbocycles. The number of alkyl halides is 3. The largest absolute Gasteiger partial charge is 0.416 e. The molecule has 1 aliphatic carbocycles. The molecule has 0 saturated heterocycles. The molecule has 0 N–H and O–H groups in total. The first-order valence-electron chi connectivity index (χ1n) is 10.4. The lowest BCUT2D eigenvalue weighted by Gasteiger charge is -2.27. The monoisotopic (exact) mass is 396 g/mol. The molecule has 0 atom stereocenters. The topological polar surface area (TPSA) is 0 Å². The number of rotatable bonds is 4. The number of hydrogen-bond acceptors (Lipinski definition) is 0. The Kier molecular flexibility index (Phi) is 7.20. The number of benzene rings is 2. The standard InChI is InChI=1S/C26H27F3/c1-2-5-20-8-14-23(15-9-20)24-16-10-21(11-17-24)6-3-4-7-22-12-18-25(19-13-22)26(27,28)29/h3,6,8-9,12-15,18-19,21,24H,2,5,10-11,16-17H2,1H3/t21-,24-. The van der Waals surface area contributed by atoms with E-state index in [9.17, 15) is 13.2 Å². The van der Waals surface area contributed by atoms with Gasteiger partial charge in [0, 0.05) is 5.56 Å². The van der Waals surface area contributed by atoms with Gasteiger partial charge in [-0.2, -0.15) is 13.2 Å². The third-order valence-electron chi connectivity index (χ3n) is 5.64. The van der Waals surface area contributed by atoms with Crippen LogP contribution in [0.5, 0.6) is 0 Å². The Bertz CT molecular complexity index is 853. The SMILES string of the molecule is CCCc1ccc([C@H]2CC[C@H](C=CC#Cc3ccc(C(F)(F)F)cc3)CC2)cc1. The van der Waals surface area contributed by atoms with Crippen molar-refractivity contribution in [3.63, 3.8) is 0 Å². The van der Waals surface area contributed by atoms with Gasteiger partial charge in [0.1, 0.15) is 0 Å². The Hall–Kier alpha value is -2.47. The highest BCUT2D eigenvalue weighted by Crippen LogP contribution is 2.36. The fraction of sp³-hybridized carbons (Fsp3) is 0.385. The molecular weight excluding hydrogens is 369 g/mol. The van der Waals surface area contributed by atoms with Crippen LogP contribution in [-0.2, 0) is 12.6 Å². The van der Waals surface area contributed by atoms with E-state index in [0.717, 1.165) is 31.4 Å². The predicted molar refractivity (Wildman–Crippen MR) is 113 cm³/mol. The van der Waals surface area contributed by atoms with Crippen molar-refractivity contribution in [1.82, 2.24) is 0 Å². The average molecular weight is 396 g/mol. The minimum absolute atomic E-state index is 0.535. The van der Waals surface area contributed by atoms with Gasteiger partial charge in [-0.15, -0.1) is 0 Å². The molecule has 3 rings (SSSR count). The summed E-state index contributed by atoms with van der Waals surface area (Å²) in [6, 6.07) is 14.1. The zero-order valence-corrected chi connectivity index (χ0v) is 16.8. The van der Waals surface area contributed by atoms with Crippen LogP contribution in [0.1, 0.15) is 67.2 Å². The van der Waals surface area contributed by atoms with Gasteiger partial charge >= 0.3 is 6.18 Å². The third-order valence-corrected chi connectivity index (χ3v) is 5.64. The van der Waals surface area contributed by atoms with Crippen molar-refractivity contribution in [1.29, 1.82) is 0 Å². The van der Waals surface area contributed by atoms with E-state index in [-0.39, 0.29) is 0 Å². The quantitative estimate of drug-likeness (QED) is 0.468. The zero-order chi connectivity index (χ0) is 20.7. The number of hydrogen-bond donors (Lipinski definition) is 0. The molecule has 0 unspecified atom stereocenters. The minimum atomic E-state index is -4.30. The first-order chi connectivity index (χ1) is 14.0. The fourth-order valence-corrected chi connectivity index (χ4v) is 3.94. The maximum atomic E-state index is 12.6. The molecule has 2 aromatic carbocycles. The maximum Gasteiger partial charge on any atom is 0.416 e. The predicted octanol–water partition coefficient (Wildman–Crippen LogP) is 7.54. The van der Waals surface area contributed by atoms with E-state index >= 15 is 0 Å². The lowest BCUT2D eigenvalue weighted by Crippen LogP contribution is -2.11.